The lowest BCUT2D eigenvalue weighted by molar-refractivity contribution is 0.101. The van der Waals surface area contributed by atoms with E-state index in [1.54, 1.807) is 18.2 Å². The Kier molecular flexibility index (Phi) is 2.02. The average Bonchev–Trinajstić information content (AvgIpc) is 2.72. The molecule has 0 spiro atoms. The van der Waals surface area contributed by atoms with E-state index in [2.05, 4.69) is 0 Å². The van der Waals surface area contributed by atoms with Crippen molar-refractivity contribution in [2.75, 3.05) is 0 Å². The summed E-state index contributed by atoms with van der Waals surface area (Å²) in [6, 6.07) is 7.15. The van der Waals surface area contributed by atoms with E-state index >= 15 is 0 Å². The second-order valence-corrected chi connectivity index (χ2v) is 3.66. The lowest BCUT2D eigenvalue weighted by Gasteiger charge is -1.90. The number of hydrogen-bond donors (Lipinski definition) is 0. The molecule has 0 amide bonds. The van der Waals surface area contributed by atoms with Crippen LogP contribution in [-0.2, 0) is 0 Å². The van der Waals surface area contributed by atoms with E-state index in [9.17, 15) is 4.79 Å². The van der Waals surface area contributed by atoms with Crippen LogP contribution in [0, 0.1) is 6.92 Å². The first-order valence-corrected chi connectivity index (χ1v) is 4.80. The Hall–Kier alpha value is -1.35. The molecule has 0 saturated heterocycles. The van der Waals surface area contributed by atoms with Crippen molar-refractivity contribution in [2.24, 2.45) is 0 Å². The second-order valence-electron chi connectivity index (χ2n) is 2.72. The number of hydrogen-bond acceptors (Lipinski definition) is 3. The second kappa shape index (κ2) is 3.18. The fourth-order valence-electron chi connectivity index (χ4n) is 1.09. The Balaban J connectivity index is 2.33. The maximum absolute atomic E-state index is 11.6. The molecule has 2 heterocycles. The van der Waals surface area contributed by atoms with E-state index in [0.717, 1.165) is 5.76 Å². The molecule has 2 rings (SSSR count). The normalized spacial score (nSPS) is 10.2. The standard InChI is InChI=1S/C10H8O2S/c1-7-4-5-8(12-7)10(11)9-3-2-6-13-9/h2-6H,1H3. The summed E-state index contributed by atoms with van der Waals surface area (Å²) in [6.07, 6.45) is 0. The summed E-state index contributed by atoms with van der Waals surface area (Å²) in [4.78, 5) is 12.4. The van der Waals surface area contributed by atoms with Gasteiger partial charge in [-0.2, -0.15) is 0 Å². The number of thiophene rings is 1. The number of carbonyl (C=O) groups excluding carboxylic acids is 1. The van der Waals surface area contributed by atoms with Crippen LogP contribution < -0.4 is 0 Å². The van der Waals surface area contributed by atoms with Crippen LogP contribution in [0.2, 0.25) is 0 Å². The lowest BCUT2D eigenvalue weighted by Crippen LogP contribution is -1.95. The fraction of sp³-hybridized carbons (Fsp3) is 0.100. The molecule has 3 heteroatoms. The molecular formula is C10H8O2S. The van der Waals surface area contributed by atoms with Gasteiger partial charge in [0.1, 0.15) is 5.76 Å². The van der Waals surface area contributed by atoms with Gasteiger partial charge in [-0.1, -0.05) is 6.07 Å². The molecule has 0 saturated carbocycles. The zero-order valence-corrected chi connectivity index (χ0v) is 7.93. The third-order valence-electron chi connectivity index (χ3n) is 1.71. The van der Waals surface area contributed by atoms with Crippen LogP contribution >= 0.6 is 11.3 Å². The Morgan fingerprint density at radius 2 is 2.23 bits per heavy atom. The minimum atomic E-state index is -0.0388. The van der Waals surface area contributed by atoms with Crippen molar-refractivity contribution in [3.63, 3.8) is 0 Å². The Morgan fingerprint density at radius 1 is 1.38 bits per heavy atom. The van der Waals surface area contributed by atoms with E-state index in [0.29, 0.717) is 10.6 Å². The molecule has 0 aliphatic rings. The molecule has 2 nitrogen and oxygen atoms in total. The van der Waals surface area contributed by atoms with Crippen LogP contribution in [0.15, 0.2) is 34.1 Å². The molecule has 0 radical (unpaired) electrons. The molecule has 0 aliphatic heterocycles. The molecular weight excluding hydrogens is 184 g/mol. The minimum Gasteiger partial charge on any atom is -0.458 e. The van der Waals surface area contributed by atoms with Crippen LogP contribution in [0.5, 0.6) is 0 Å². The predicted octanol–water partition coefficient (Wildman–Crippen LogP) is 2.88. The number of furan rings is 1. The Labute approximate surface area is 79.8 Å². The van der Waals surface area contributed by atoms with Crippen molar-refractivity contribution >= 4 is 17.1 Å². The molecule has 0 aromatic carbocycles. The number of carbonyl (C=O) groups is 1. The summed E-state index contributed by atoms with van der Waals surface area (Å²) in [5, 5.41) is 1.88. The predicted molar refractivity (Wildman–Crippen MR) is 51.2 cm³/mol. The van der Waals surface area contributed by atoms with Crippen molar-refractivity contribution in [2.45, 2.75) is 6.92 Å². The van der Waals surface area contributed by atoms with Gasteiger partial charge in [0.2, 0.25) is 5.78 Å². The minimum absolute atomic E-state index is 0.0388. The van der Waals surface area contributed by atoms with Crippen molar-refractivity contribution in [3.8, 4) is 0 Å². The summed E-state index contributed by atoms with van der Waals surface area (Å²) in [7, 11) is 0. The summed E-state index contributed by atoms with van der Waals surface area (Å²) in [6.45, 7) is 1.82. The first-order chi connectivity index (χ1) is 6.27. The highest BCUT2D eigenvalue weighted by Gasteiger charge is 2.12. The van der Waals surface area contributed by atoms with Gasteiger partial charge in [0.25, 0.3) is 0 Å². The van der Waals surface area contributed by atoms with E-state index in [1.165, 1.54) is 11.3 Å². The van der Waals surface area contributed by atoms with Gasteiger partial charge in [-0.3, -0.25) is 4.79 Å². The van der Waals surface area contributed by atoms with Gasteiger partial charge in [-0.15, -0.1) is 11.3 Å². The van der Waals surface area contributed by atoms with Gasteiger partial charge in [0.05, 0.1) is 4.88 Å². The first kappa shape index (κ1) is 8.26. The SMILES string of the molecule is Cc1ccc(C(=O)c2cccs2)o1. The molecule has 0 aliphatic carbocycles. The van der Waals surface area contributed by atoms with Crippen LogP contribution in [0.3, 0.4) is 0 Å². The van der Waals surface area contributed by atoms with Gasteiger partial charge in [0.15, 0.2) is 5.76 Å². The summed E-state index contributed by atoms with van der Waals surface area (Å²) >= 11 is 1.43. The molecule has 0 unspecified atom stereocenters. The van der Waals surface area contributed by atoms with Crippen molar-refractivity contribution in [1.82, 2.24) is 0 Å². The Bertz CT molecular complexity index is 412. The van der Waals surface area contributed by atoms with Crippen LogP contribution in [0.25, 0.3) is 0 Å². The summed E-state index contributed by atoms with van der Waals surface area (Å²) in [5.41, 5.74) is 0. The highest BCUT2D eigenvalue weighted by Crippen LogP contribution is 2.16. The van der Waals surface area contributed by atoms with E-state index < -0.39 is 0 Å². The molecule has 13 heavy (non-hydrogen) atoms. The number of aryl methyl sites for hydroxylation is 1. The molecule has 66 valence electrons. The Morgan fingerprint density at radius 3 is 2.77 bits per heavy atom. The average molecular weight is 192 g/mol. The van der Waals surface area contributed by atoms with Crippen LogP contribution in [0.4, 0.5) is 0 Å². The smallest absolute Gasteiger partial charge is 0.238 e. The monoisotopic (exact) mass is 192 g/mol. The summed E-state index contributed by atoms with van der Waals surface area (Å²) in [5.74, 6) is 1.14. The third kappa shape index (κ3) is 1.55. The highest BCUT2D eigenvalue weighted by molar-refractivity contribution is 7.12. The molecule has 2 aromatic heterocycles. The van der Waals surface area contributed by atoms with Gasteiger partial charge >= 0.3 is 0 Å². The quantitative estimate of drug-likeness (QED) is 0.685. The zero-order valence-electron chi connectivity index (χ0n) is 7.11. The zero-order chi connectivity index (χ0) is 9.26. The number of rotatable bonds is 2. The van der Waals surface area contributed by atoms with Gasteiger partial charge in [0, 0.05) is 0 Å². The largest absolute Gasteiger partial charge is 0.458 e. The van der Waals surface area contributed by atoms with E-state index in [4.69, 9.17) is 4.42 Å². The number of ketones is 1. The van der Waals surface area contributed by atoms with E-state index in [-0.39, 0.29) is 5.78 Å². The van der Waals surface area contributed by atoms with E-state index in [1.807, 2.05) is 18.4 Å². The maximum Gasteiger partial charge on any atom is 0.238 e. The van der Waals surface area contributed by atoms with Crippen molar-refractivity contribution in [3.05, 3.63) is 46.0 Å². The molecule has 2 aromatic rings. The van der Waals surface area contributed by atoms with Gasteiger partial charge < -0.3 is 4.42 Å². The molecule has 0 atom stereocenters. The van der Waals surface area contributed by atoms with Crippen molar-refractivity contribution < 1.29 is 9.21 Å². The van der Waals surface area contributed by atoms with Gasteiger partial charge in [-0.25, -0.2) is 0 Å². The summed E-state index contributed by atoms with van der Waals surface area (Å²) < 4.78 is 5.23. The molecule has 0 bridgehead atoms. The topological polar surface area (TPSA) is 30.2 Å². The third-order valence-corrected chi connectivity index (χ3v) is 2.58. The van der Waals surface area contributed by atoms with Crippen molar-refractivity contribution in [1.29, 1.82) is 0 Å². The van der Waals surface area contributed by atoms with Gasteiger partial charge in [-0.05, 0) is 30.5 Å². The van der Waals surface area contributed by atoms with Crippen LogP contribution in [-0.4, -0.2) is 5.78 Å². The highest BCUT2D eigenvalue weighted by atomic mass is 32.1. The lowest BCUT2D eigenvalue weighted by atomic mass is 10.2. The molecule has 0 fully saturated rings. The fourth-order valence-corrected chi connectivity index (χ4v) is 1.75. The molecule has 0 N–H and O–H groups in total. The van der Waals surface area contributed by atoms with Crippen LogP contribution in [0.1, 0.15) is 21.2 Å². The maximum atomic E-state index is 11.6. The first-order valence-electron chi connectivity index (χ1n) is 3.92.